The van der Waals surface area contributed by atoms with Crippen LogP contribution in [0.1, 0.15) is 33.6 Å². The summed E-state index contributed by atoms with van der Waals surface area (Å²) in [4.78, 5) is 76.6. The van der Waals surface area contributed by atoms with Crippen LogP contribution in [0, 0.1) is 0 Å². The van der Waals surface area contributed by atoms with Gasteiger partial charge in [-0.05, 0) is 57.1 Å². The average Bonchev–Trinajstić information content (AvgIpc) is 3.67. The van der Waals surface area contributed by atoms with Crippen molar-refractivity contribution in [1.82, 2.24) is 15.3 Å². The van der Waals surface area contributed by atoms with Crippen molar-refractivity contribution in [3.63, 3.8) is 0 Å². The molecule has 6 heterocycles. The van der Waals surface area contributed by atoms with Crippen LogP contribution in [-0.4, -0.2) is 127 Å². The number of hydrogen-bond donors (Lipinski definition) is 2. The Balaban J connectivity index is 0.000000230. The quantitative estimate of drug-likeness (QED) is 0.217. The predicted molar refractivity (Wildman–Crippen MR) is 227 cm³/mol. The topological polar surface area (TPSA) is 208 Å². The molecule has 324 valence electrons. The Morgan fingerprint density at radius 3 is 1.63 bits per heavy atom. The summed E-state index contributed by atoms with van der Waals surface area (Å²) in [5.74, 6) is 1.85. The molecule has 20 heteroatoms. The Morgan fingerprint density at radius 1 is 0.746 bits per heavy atom. The van der Waals surface area contributed by atoms with Gasteiger partial charge in [0.2, 0.25) is 11.8 Å². The highest BCUT2D eigenvalue weighted by Gasteiger charge is 2.36. The highest BCUT2D eigenvalue weighted by atomic mass is 28.3. The molecular formula is C39H60N8O10Si2. The van der Waals surface area contributed by atoms with E-state index >= 15 is 0 Å². The summed E-state index contributed by atoms with van der Waals surface area (Å²) in [5.41, 5.74) is 5.23. The van der Waals surface area contributed by atoms with Crippen LogP contribution in [0.25, 0.3) is 0 Å². The summed E-state index contributed by atoms with van der Waals surface area (Å²) in [5, 5.41) is 2.73. The van der Waals surface area contributed by atoms with E-state index in [1.54, 1.807) is 49.9 Å². The Morgan fingerprint density at radius 2 is 1.20 bits per heavy atom. The smallest absolute Gasteiger partial charge is 0.407 e. The number of hydrogen-bond acceptors (Lipinski definition) is 13. The normalized spacial score (nSPS) is 19.5. The molecule has 0 radical (unpaired) electrons. The predicted octanol–water partition coefficient (Wildman–Crippen LogP) is 3.93. The maximum atomic E-state index is 12.6. The van der Waals surface area contributed by atoms with Crippen LogP contribution in [0.4, 0.5) is 28.1 Å². The maximum absolute atomic E-state index is 12.6. The lowest BCUT2D eigenvalue weighted by molar-refractivity contribution is -0.123. The number of fused-ring (bicyclic) bond motifs is 2. The monoisotopic (exact) mass is 856 g/mol. The molecule has 2 aromatic heterocycles. The fourth-order valence-corrected chi connectivity index (χ4v) is 7.74. The van der Waals surface area contributed by atoms with Crippen molar-refractivity contribution in [1.29, 1.82) is 0 Å². The van der Waals surface area contributed by atoms with Gasteiger partial charge in [-0.2, -0.15) is 0 Å². The van der Waals surface area contributed by atoms with E-state index in [0.29, 0.717) is 60.9 Å². The van der Waals surface area contributed by atoms with Crippen LogP contribution in [0.3, 0.4) is 0 Å². The minimum Gasteiger partial charge on any atom is -0.480 e. The second-order valence-corrected chi connectivity index (χ2v) is 29.7. The van der Waals surface area contributed by atoms with Gasteiger partial charge in [-0.25, -0.2) is 14.8 Å². The first-order valence-electron chi connectivity index (χ1n) is 20.0. The van der Waals surface area contributed by atoms with Crippen molar-refractivity contribution in [2.45, 2.75) is 103 Å². The third-order valence-electron chi connectivity index (χ3n) is 9.45. The molecule has 0 saturated carbocycles. The molecule has 2 aromatic rings. The summed E-state index contributed by atoms with van der Waals surface area (Å²) in [6.07, 6.45) is -0.129. The third-order valence-corrected chi connectivity index (χ3v) is 12.9. The van der Waals surface area contributed by atoms with Gasteiger partial charge in [0.1, 0.15) is 30.7 Å². The SMILES string of the molecule is CC(C)(C)OC(=O)N[C@@H]1CC(=O)N(c2ccc3c(n2)N(COCC[Si](C)(C)C)C(=O)CO3)C1.C[Si](C)(C)CCOCN1C(=O)COc2ccc(N3C[C@H](N)CC3=O)nc21. The number of nitrogens with zero attached hydrogens (tertiary/aromatic N) is 6. The molecule has 5 amide bonds. The number of anilines is 4. The molecule has 4 aliphatic rings. The van der Waals surface area contributed by atoms with E-state index in [1.807, 2.05) is 0 Å². The highest BCUT2D eigenvalue weighted by molar-refractivity contribution is 6.76. The Kier molecular flexibility index (Phi) is 14.4. The number of alkyl carbamates (subject to hydrolysis) is 1. The number of aromatic nitrogens is 2. The molecule has 2 atom stereocenters. The largest absolute Gasteiger partial charge is 0.480 e. The van der Waals surface area contributed by atoms with Crippen LogP contribution >= 0.6 is 0 Å². The zero-order valence-corrected chi connectivity index (χ0v) is 37.8. The van der Waals surface area contributed by atoms with E-state index in [4.69, 9.17) is 29.4 Å². The number of nitrogens with two attached hydrogens (primary N) is 1. The number of rotatable bonds is 13. The fourth-order valence-electron chi connectivity index (χ4n) is 6.23. The van der Waals surface area contributed by atoms with Crippen molar-refractivity contribution in [3.8, 4) is 11.5 Å². The van der Waals surface area contributed by atoms with E-state index in [9.17, 15) is 24.0 Å². The molecule has 2 fully saturated rings. The van der Waals surface area contributed by atoms with Gasteiger partial charge in [-0.3, -0.25) is 38.8 Å². The standard InChI is InChI=1S/C22H34N4O6Si.C17H26N4O4Si/c1-22(2,3)32-21(29)23-15-11-18(27)25(12-15)17-8-7-16-20(24-17)26(19(28)13-31-16)14-30-9-10-33(4,5)6;1-26(2,3)7-6-24-11-21-16(23)10-25-13-4-5-14(19-17(13)21)20-9-12(18)8-15(20)22/h7-8,15H,9-14H2,1-6H3,(H,23,29);4-5,12H,6-11,18H2,1-3H3/t15-;12-/m11/s1. The molecule has 4 aliphatic heterocycles. The lowest BCUT2D eigenvalue weighted by atomic mass is 10.2. The number of pyridine rings is 2. The molecule has 6 rings (SSSR count). The van der Waals surface area contributed by atoms with Gasteiger partial charge in [0.15, 0.2) is 36.3 Å². The van der Waals surface area contributed by atoms with Gasteiger partial charge in [0.25, 0.3) is 11.8 Å². The lowest BCUT2D eigenvalue weighted by Crippen LogP contribution is -2.42. The Labute approximate surface area is 348 Å². The highest BCUT2D eigenvalue weighted by Crippen LogP contribution is 2.35. The Bertz CT molecular complexity index is 1880. The van der Waals surface area contributed by atoms with Crippen molar-refractivity contribution in [2.24, 2.45) is 5.73 Å². The molecule has 0 aromatic carbocycles. The average molecular weight is 857 g/mol. The van der Waals surface area contributed by atoms with Gasteiger partial charge in [-0.15, -0.1) is 0 Å². The van der Waals surface area contributed by atoms with Gasteiger partial charge in [-0.1, -0.05) is 39.3 Å². The first kappa shape index (κ1) is 45.4. The van der Waals surface area contributed by atoms with Crippen molar-refractivity contribution in [3.05, 3.63) is 24.3 Å². The summed E-state index contributed by atoms with van der Waals surface area (Å²) < 4.78 is 27.7. The first-order valence-corrected chi connectivity index (χ1v) is 27.4. The molecule has 0 bridgehead atoms. The molecule has 2 saturated heterocycles. The lowest BCUT2D eigenvalue weighted by Gasteiger charge is -2.29. The molecule has 0 unspecified atom stereocenters. The van der Waals surface area contributed by atoms with E-state index in [-0.39, 0.29) is 69.3 Å². The third kappa shape index (κ3) is 12.9. The first-order chi connectivity index (χ1) is 27.6. The fraction of sp³-hybridized carbons (Fsp3) is 0.615. The van der Waals surface area contributed by atoms with Crippen molar-refractivity contribution >= 4 is 69.1 Å². The van der Waals surface area contributed by atoms with Crippen LogP contribution in [0.15, 0.2) is 24.3 Å². The van der Waals surface area contributed by atoms with Crippen LogP contribution in [-0.2, 0) is 33.4 Å². The minimum absolute atomic E-state index is 0.0427. The summed E-state index contributed by atoms with van der Waals surface area (Å²) in [7, 11) is -2.45. The van der Waals surface area contributed by atoms with Crippen LogP contribution in [0.2, 0.25) is 51.4 Å². The van der Waals surface area contributed by atoms with E-state index in [0.717, 1.165) is 12.1 Å². The summed E-state index contributed by atoms with van der Waals surface area (Å²) >= 11 is 0. The maximum Gasteiger partial charge on any atom is 0.407 e. The van der Waals surface area contributed by atoms with Gasteiger partial charge in [0.05, 0.1) is 6.04 Å². The van der Waals surface area contributed by atoms with Crippen LogP contribution in [0.5, 0.6) is 11.5 Å². The van der Waals surface area contributed by atoms with E-state index in [1.165, 1.54) is 14.7 Å². The molecule has 18 nitrogen and oxygen atoms in total. The number of ether oxygens (including phenoxy) is 5. The Hall–Kier alpha value is -4.64. The molecule has 0 aliphatic carbocycles. The van der Waals surface area contributed by atoms with Gasteiger partial charge >= 0.3 is 6.09 Å². The van der Waals surface area contributed by atoms with E-state index in [2.05, 4.69) is 54.6 Å². The molecule has 3 N–H and O–H groups in total. The number of nitrogens with one attached hydrogen (secondary N) is 1. The van der Waals surface area contributed by atoms with Gasteiger partial charge in [0, 0.05) is 61.3 Å². The zero-order valence-electron chi connectivity index (χ0n) is 35.8. The number of carbonyl (C=O) groups is 5. The van der Waals surface area contributed by atoms with E-state index < -0.39 is 33.9 Å². The van der Waals surface area contributed by atoms with Crippen LogP contribution < -0.4 is 40.1 Å². The molecule has 59 heavy (non-hydrogen) atoms. The second kappa shape index (κ2) is 18.7. The van der Waals surface area contributed by atoms with Crippen molar-refractivity contribution < 1.29 is 47.7 Å². The summed E-state index contributed by atoms with van der Waals surface area (Å²) in [6, 6.07) is 8.23. The second-order valence-electron chi connectivity index (χ2n) is 18.4. The molecule has 0 spiro atoms. The number of carbonyl (C=O) groups excluding carboxylic acids is 5. The minimum atomic E-state index is -1.25. The number of amides is 5. The zero-order chi connectivity index (χ0) is 43.3. The van der Waals surface area contributed by atoms with Crippen molar-refractivity contribution in [2.75, 3.05) is 72.6 Å². The van der Waals surface area contributed by atoms with Gasteiger partial charge < -0.3 is 34.7 Å². The molecular weight excluding hydrogens is 797 g/mol. The summed E-state index contributed by atoms with van der Waals surface area (Å²) in [6.45, 7) is 20.9.